The number of nitrogen functional groups attached to an aromatic ring is 1. The maximum atomic E-state index is 12.3. The van der Waals surface area contributed by atoms with Crippen LogP contribution in [0.25, 0.3) is 0 Å². The Labute approximate surface area is 106 Å². The highest BCUT2D eigenvalue weighted by Crippen LogP contribution is 2.16. The fraction of sp³-hybridized carbons (Fsp3) is 0.538. The molecule has 1 amide bonds. The van der Waals surface area contributed by atoms with Crippen LogP contribution in [0.5, 0.6) is 0 Å². The van der Waals surface area contributed by atoms with Crippen molar-refractivity contribution in [2.24, 2.45) is 0 Å². The van der Waals surface area contributed by atoms with Gasteiger partial charge in [-0.1, -0.05) is 0 Å². The maximum absolute atomic E-state index is 12.3. The topological polar surface area (TPSA) is 68.3 Å². The summed E-state index contributed by atoms with van der Waals surface area (Å²) < 4.78 is 1.48. The molecule has 1 aliphatic rings. The third kappa shape index (κ3) is 2.12. The number of hydrogen-bond acceptors (Lipinski definition) is 3. The molecule has 1 aliphatic heterocycles. The highest BCUT2D eigenvalue weighted by Gasteiger charge is 2.25. The Bertz CT molecular complexity index is 515. The lowest BCUT2D eigenvalue weighted by Crippen LogP contribution is -2.39. The first-order chi connectivity index (χ1) is 8.52. The van der Waals surface area contributed by atoms with Crippen LogP contribution in [-0.4, -0.2) is 28.5 Å². The van der Waals surface area contributed by atoms with E-state index in [1.807, 2.05) is 11.8 Å². The first-order valence-electron chi connectivity index (χ1n) is 6.29. The van der Waals surface area contributed by atoms with Crippen molar-refractivity contribution in [2.45, 2.75) is 32.7 Å². The number of rotatable bonds is 2. The van der Waals surface area contributed by atoms with Gasteiger partial charge < -0.3 is 10.6 Å². The second-order valence-electron chi connectivity index (χ2n) is 4.81. The molecule has 18 heavy (non-hydrogen) atoms. The summed E-state index contributed by atoms with van der Waals surface area (Å²) >= 11 is 0. The summed E-state index contributed by atoms with van der Waals surface area (Å²) in [6, 6.07) is 2.87. The van der Waals surface area contributed by atoms with Crippen molar-refractivity contribution in [2.75, 3.05) is 18.8 Å². The van der Waals surface area contributed by atoms with Crippen LogP contribution >= 0.6 is 0 Å². The van der Waals surface area contributed by atoms with E-state index in [1.165, 1.54) is 4.57 Å². The highest BCUT2D eigenvalue weighted by atomic mass is 16.2. The van der Waals surface area contributed by atoms with Crippen molar-refractivity contribution in [3.63, 3.8) is 0 Å². The average molecular weight is 249 g/mol. The van der Waals surface area contributed by atoms with E-state index in [0.29, 0.717) is 0 Å². The van der Waals surface area contributed by atoms with Gasteiger partial charge in [0.2, 0.25) is 5.91 Å². The standard InChI is InChI=1S/C13H19N3O2/c1-9-5-6-11(14)13(18)16(9)10(2)12(17)15-7-3-4-8-15/h5-6,10H,3-4,7-8,14H2,1-2H3/t10-/m1/s1. The predicted octanol–water partition coefficient (Wildman–Crippen LogP) is 0.922. The zero-order valence-corrected chi connectivity index (χ0v) is 10.8. The Morgan fingerprint density at radius 2 is 1.94 bits per heavy atom. The normalized spacial score (nSPS) is 16.9. The molecule has 98 valence electrons. The van der Waals surface area contributed by atoms with Gasteiger partial charge in [-0.3, -0.25) is 14.2 Å². The van der Waals surface area contributed by atoms with E-state index in [9.17, 15) is 9.59 Å². The van der Waals surface area contributed by atoms with Gasteiger partial charge in [-0.25, -0.2) is 0 Å². The van der Waals surface area contributed by atoms with Crippen LogP contribution in [0.4, 0.5) is 5.69 Å². The molecule has 0 spiro atoms. The van der Waals surface area contributed by atoms with E-state index in [0.717, 1.165) is 31.6 Å². The smallest absolute Gasteiger partial charge is 0.274 e. The van der Waals surface area contributed by atoms with E-state index >= 15 is 0 Å². The fourth-order valence-corrected chi connectivity index (χ4v) is 2.45. The molecule has 5 heteroatoms. The Balaban J connectivity index is 2.33. The molecular weight excluding hydrogens is 230 g/mol. The molecular formula is C13H19N3O2. The summed E-state index contributed by atoms with van der Waals surface area (Å²) in [6.45, 7) is 5.15. The summed E-state index contributed by atoms with van der Waals surface area (Å²) in [5.74, 6) is 0.00306. The van der Waals surface area contributed by atoms with Crippen LogP contribution in [0.15, 0.2) is 16.9 Å². The van der Waals surface area contributed by atoms with Crippen molar-refractivity contribution >= 4 is 11.6 Å². The molecule has 0 bridgehead atoms. The van der Waals surface area contributed by atoms with Crippen LogP contribution < -0.4 is 11.3 Å². The lowest BCUT2D eigenvalue weighted by Gasteiger charge is -2.23. The number of nitrogens with zero attached hydrogens (tertiary/aromatic N) is 2. The molecule has 0 unspecified atom stereocenters. The van der Waals surface area contributed by atoms with Gasteiger partial charge in [0.1, 0.15) is 6.04 Å². The first kappa shape index (κ1) is 12.7. The maximum Gasteiger partial charge on any atom is 0.274 e. The number of nitrogens with two attached hydrogens (primary N) is 1. The Hall–Kier alpha value is -1.78. The third-order valence-corrected chi connectivity index (χ3v) is 3.51. The van der Waals surface area contributed by atoms with E-state index in [2.05, 4.69) is 0 Å². The van der Waals surface area contributed by atoms with Gasteiger partial charge in [-0.15, -0.1) is 0 Å². The summed E-state index contributed by atoms with van der Waals surface area (Å²) in [5, 5.41) is 0. The zero-order chi connectivity index (χ0) is 13.3. The van der Waals surface area contributed by atoms with Gasteiger partial charge in [-0.05, 0) is 38.8 Å². The summed E-state index contributed by atoms with van der Waals surface area (Å²) in [6.07, 6.45) is 2.09. The van der Waals surface area contributed by atoms with Gasteiger partial charge in [-0.2, -0.15) is 0 Å². The number of anilines is 1. The molecule has 2 heterocycles. The number of aromatic nitrogens is 1. The first-order valence-corrected chi connectivity index (χ1v) is 6.29. The molecule has 0 aromatic carbocycles. The minimum absolute atomic E-state index is 0.00306. The van der Waals surface area contributed by atoms with Crippen molar-refractivity contribution in [3.8, 4) is 0 Å². The second kappa shape index (κ2) is 4.84. The molecule has 2 N–H and O–H groups in total. The minimum atomic E-state index is -0.487. The van der Waals surface area contributed by atoms with Crippen LogP contribution in [-0.2, 0) is 4.79 Å². The van der Waals surface area contributed by atoms with Crippen LogP contribution in [0.3, 0.4) is 0 Å². The van der Waals surface area contributed by atoms with Crippen LogP contribution in [0.1, 0.15) is 31.5 Å². The average Bonchev–Trinajstić information content (AvgIpc) is 2.87. The van der Waals surface area contributed by atoms with Crippen LogP contribution in [0, 0.1) is 6.92 Å². The molecule has 0 radical (unpaired) electrons. The molecule has 0 aliphatic carbocycles. The van der Waals surface area contributed by atoms with Gasteiger partial charge in [0, 0.05) is 18.8 Å². The van der Waals surface area contributed by atoms with Gasteiger partial charge in [0.05, 0.1) is 5.69 Å². The molecule has 1 fully saturated rings. The Kier molecular flexibility index (Phi) is 3.41. The SMILES string of the molecule is Cc1ccc(N)c(=O)n1[C@H](C)C(=O)N1CCCC1. The van der Waals surface area contributed by atoms with E-state index in [1.54, 1.807) is 19.1 Å². The molecule has 1 aromatic heterocycles. The summed E-state index contributed by atoms with van der Waals surface area (Å²) in [5.41, 5.74) is 6.28. The number of hydrogen-bond donors (Lipinski definition) is 1. The number of pyridine rings is 1. The number of carbonyl (C=O) groups is 1. The zero-order valence-electron chi connectivity index (χ0n) is 10.8. The van der Waals surface area contributed by atoms with Gasteiger partial charge >= 0.3 is 0 Å². The van der Waals surface area contributed by atoms with E-state index in [-0.39, 0.29) is 17.2 Å². The monoisotopic (exact) mass is 249 g/mol. The third-order valence-electron chi connectivity index (χ3n) is 3.51. The lowest BCUT2D eigenvalue weighted by atomic mass is 10.2. The summed E-state index contributed by atoms with van der Waals surface area (Å²) in [7, 11) is 0. The number of aryl methyl sites for hydroxylation is 1. The minimum Gasteiger partial charge on any atom is -0.394 e. The van der Waals surface area contributed by atoms with Crippen LogP contribution in [0.2, 0.25) is 0 Å². The van der Waals surface area contributed by atoms with Gasteiger partial charge in [0.25, 0.3) is 5.56 Å². The molecule has 1 aromatic rings. The van der Waals surface area contributed by atoms with Crippen molar-refractivity contribution in [1.82, 2.24) is 9.47 Å². The molecule has 0 saturated carbocycles. The molecule has 2 rings (SSSR count). The van der Waals surface area contributed by atoms with Crippen molar-refractivity contribution in [3.05, 3.63) is 28.2 Å². The predicted molar refractivity (Wildman–Crippen MR) is 70.4 cm³/mol. The van der Waals surface area contributed by atoms with Crippen molar-refractivity contribution in [1.29, 1.82) is 0 Å². The molecule has 5 nitrogen and oxygen atoms in total. The number of likely N-dealkylation sites (tertiary alicyclic amines) is 1. The lowest BCUT2D eigenvalue weighted by molar-refractivity contribution is -0.133. The number of amides is 1. The Morgan fingerprint density at radius 1 is 1.33 bits per heavy atom. The molecule has 1 atom stereocenters. The second-order valence-corrected chi connectivity index (χ2v) is 4.81. The fourth-order valence-electron chi connectivity index (χ4n) is 2.45. The van der Waals surface area contributed by atoms with E-state index in [4.69, 9.17) is 5.73 Å². The van der Waals surface area contributed by atoms with Gasteiger partial charge in [0.15, 0.2) is 0 Å². The number of carbonyl (C=O) groups excluding carboxylic acids is 1. The quantitative estimate of drug-likeness (QED) is 0.847. The van der Waals surface area contributed by atoms with Crippen molar-refractivity contribution < 1.29 is 4.79 Å². The largest absolute Gasteiger partial charge is 0.394 e. The molecule has 1 saturated heterocycles. The summed E-state index contributed by atoms with van der Waals surface area (Å²) in [4.78, 5) is 26.1. The van der Waals surface area contributed by atoms with E-state index < -0.39 is 6.04 Å². The highest BCUT2D eigenvalue weighted by molar-refractivity contribution is 5.80. The Morgan fingerprint density at radius 3 is 2.56 bits per heavy atom.